The third-order valence-corrected chi connectivity index (χ3v) is 6.85. The Bertz CT molecular complexity index is 1430. The molecular weight excluding hydrogens is 510 g/mol. The molecule has 1 unspecified atom stereocenters. The Morgan fingerprint density at radius 1 is 1.21 bits per heavy atom. The normalized spacial score (nSPS) is 16.4. The number of aryl methyl sites for hydroxylation is 1. The van der Waals surface area contributed by atoms with Gasteiger partial charge in [0.1, 0.15) is 17.2 Å². The van der Waals surface area contributed by atoms with Crippen LogP contribution in [0.3, 0.4) is 0 Å². The number of hydrogen-bond acceptors (Lipinski definition) is 10. The molecule has 196 valence electrons. The van der Waals surface area contributed by atoms with E-state index in [1.807, 2.05) is 6.92 Å². The van der Waals surface area contributed by atoms with E-state index in [0.717, 1.165) is 11.3 Å². The fourth-order valence-electron chi connectivity index (χ4n) is 4.01. The molecule has 1 N–H and O–H groups in total. The van der Waals surface area contributed by atoms with Gasteiger partial charge in [-0.3, -0.25) is 19.5 Å². The molecule has 10 nitrogen and oxygen atoms in total. The zero-order valence-electron chi connectivity index (χ0n) is 21.0. The van der Waals surface area contributed by atoms with Gasteiger partial charge in [-0.2, -0.15) is 0 Å². The summed E-state index contributed by atoms with van der Waals surface area (Å²) in [5.74, 6) is -1.95. The molecule has 0 bridgehead atoms. The number of carbonyl (C=O) groups is 3. The van der Waals surface area contributed by atoms with Gasteiger partial charge in [0.15, 0.2) is 16.6 Å². The average Bonchev–Trinajstić information content (AvgIpc) is 3.44. The van der Waals surface area contributed by atoms with E-state index in [9.17, 15) is 19.5 Å². The van der Waals surface area contributed by atoms with Crippen LogP contribution >= 0.6 is 11.3 Å². The number of aliphatic hydroxyl groups is 1. The monoisotopic (exact) mass is 535 g/mol. The minimum absolute atomic E-state index is 0.00786. The van der Waals surface area contributed by atoms with Gasteiger partial charge in [-0.05, 0) is 43.7 Å². The number of benzene rings is 1. The Balaban J connectivity index is 1.91. The van der Waals surface area contributed by atoms with Gasteiger partial charge in [0.2, 0.25) is 0 Å². The molecule has 1 amide bonds. The van der Waals surface area contributed by atoms with Crippen molar-refractivity contribution in [1.29, 1.82) is 0 Å². The van der Waals surface area contributed by atoms with Gasteiger partial charge in [-0.15, -0.1) is 0 Å². The van der Waals surface area contributed by atoms with Crippen LogP contribution in [0.15, 0.2) is 61.0 Å². The fraction of sp³-hybridized carbons (Fsp3) is 0.222. The minimum Gasteiger partial charge on any atom is -0.507 e. The number of pyridine rings is 1. The number of rotatable bonds is 9. The summed E-state index contributed by atoms with van der Waals surface area (Å²) in [5, 5.41) is 11.3. The van der Waals surface area contributed by atoms with Gasteiger partial charge in [-0.1, -0.05) is 30.1 Å². The number of ether oxygens (including phenoxy) is 3. The Hall–Kier alpha value is -4.51. The summed E-state index contributed by atoms with van der Waals surface area (Å²) in [6.45, 7) is 7.38. The van der Waals surface area contributed by atoms with E-state index in [4.69, 9.17) is 14.2 Å². The molecule has 38 heavy (non-hydrogen) atoms. The van der Waals surface area contributed by atoms with Crippen molar-refractivity contribution in [3.63, 3.8) is 0 Å². The summed E-state index contributed by atoms with van der Waals surface area (Å²) >= 11 is 0.913. The van der Waals surface area contributed by atoms with Crippen LogP contribution in [-0.4, -0.2) is 53.1 Å². The summed E-state index contributed by atoms with van der Waals surface area (Å²) in [6, 6.07) is 6.95. The molecule has 1 aliphatic rings. The largest absolute Gasteiger partial charge is 0.507 e. The minimum atomic E-state index is -1.07. The summed E-state index contributed by atoms with van der Waals surface area (Å²) < 4.78 is 16.2. The lowest BCUT2D eigenvalue weighted by molar-refractivity contribution is -0.132. The maximum Gasteiger partial charge on any atom is 0.350 e. The number of aliphatic hydroxyl groups excluding tert-OH is 1. The van der Waals surface area contributed by atoms with Crippen molar-refractivity contribution in [2.45, 2.75) is 19.9 Å². The molecule has 11 heteroatoms. The SMILES string of the molecule is C=CCOC(=O)c1sc(N2C(=O)C(=O)C(=C(O)c3ccncc3)C2c2ccc(OCC)c(OC)c2)nc1C. The number of esters is 1. The molecule has 0 saturated carbocycles. The molecule has 3 aromatic rings. The van der Waals surface area contributed by atoms with E-state index >= 15 is 0 Å². The number of Topliss-reactive ketones (excluding diaryl/α,β-unsaturated/α-hetero) is 1. The van der Waals surface area contributed by atoms with Gasteiger partial charge in [0.25, 0.3) is 5.78 Å². The lowest BCUT2D eigenvalue weighted by atomic mass is 9.95. The zero-order valence-corrected chi connectivity index (χ0v) is 21.8. The number of aromatic nitrogens is 2. The van der Waals surface area contributed by atoms with Crippen molar-refractivity contribution in [2.75, 3.05) is 25.2 Å². The van der Waals surface area contributed by atoms with E-state index < -0.39 is 23.7 Å². The maximum atomic E-state index is 13.4. The highest BCUT2D eigenvalue weighted by Gasteiger charge is 2.48. The fourth-order valence-corrected chi connectivity index (χ4v) is 5.00. The Morgan fingerprint density at radius 2 is 1.95 bits per heavy atom. The predicted octanol–water partition coefficient (Wildman–Crippen LogP) is 4.22. The molecule has 3 heterocycles. The number of methoxy groups -OCH3 is 1. The number of ketones is 1. The second-order valence-electron chi connectivity index (χ2n) is 8.05. The van der Waals surface area contributed by atoms with Gasteiger partial charge in [0, 0.05) is 18.0 Å². The second-order valence-corrected chi connectivity index (χ2v) is 9.02. The molecule has 1 aromatic carbocycles. The van der Waals surface area contributed by atoms with E-state index in [1.165, 1.54) is 42.6 Å². The third kappa shape index (κ3) is 4.88. The summed E-state index contributed by atoms with van der Waals surface area (Å²) in [6.07, 6.45) is 4.36. The lowest BCUT2D eigenvalue weighted by Gasteiger charge is -2.24. The first-order valence-corrected chi connectivity index (χ1v) is 12.4. The van der Waals surface area contributed by atoms with Crippen molar-refractivity contribution in [2.24, 2.45) is 0 Å². The summed E-state index contributed by atoms with van der Waals surface area (Å²) in [5.41, 5.74) is 0.961. The van der Waals surface area contributed by atoms with E-state index in [-0.39, 0.29) is 27.9 Å². The summed E-state index contributed by atoms with van der Waals surface area (Å²) in [7, 11) is 1.47. The number of nitrogens with zero attached hydrogens (tertiary/aromatic N) is 3. The number of carbonyl (C=O) groups excluding carboxylic acids is 3. The Morgan fingerprint density at radius 3 is 2.61 bits per heavy atom. The molecule has 1 saturated heterocycles. The molecule has 4 rings (SSSR count). The third-order valence-electron chi connectivity index (χ3n) is 5.71. The first-order chi connectivity index (χ1) is 18.3. The lowest BCUT2D eigenvalue weighted by Crippen LogP contribution is -2.29. The summed E-state index contributed by atoms with van der Waals surface area (Å²) in [4.78, 5) is 49.0. The number of thiazole rings is 1. The smallest absolute Gasteiger partial charge is 0.350 e. The van der Waals surface area contributed by atoms with Crippen LogP contribution in [0.25, 0.3) is 5.76 Å². The topological polar surface area (TPSA) is 128 Å². The number of amides is 1. The van der Waals surface area contributed by atoms with Gasteiger partial charge >= 0.3 is 11.9 Å². The van der Waals surface area contributed by atoms with Crippen LogP contribution in [0.1, 0.15) is 39.5 Å². The van der Waals surface area contributed by atoms with Crippen molar-refractivity contribution in [1.82, 2.24) is 9.97 Å². The second kappa shape index (κ2) is 11.3. The van der Waals surface area contributed by atoms with Crippen LogP contribution in [0, 0.1) is 6.92 Å². The Kier molecular flexibility index (Phi) is 7.87. The van der Waals surface area contributed by atoms with Crippen molar-refractivity contribution >= 4 is 39.9 Å². The van der Waals surface area contributed by atoms with Gasteiger partial charge in [-0.25, -0.2) is 9.78 Å². The molecule has 1 atom stereocenters. The van der Waals surface area contributed by atoms with Gasteiger partial charge in [0.05, 0.1) is 31.0 Å². The van der Waals surface area contributed by atoms with Crippen LogP contribution in [0.2, 0.25) is 0 Å². The van der Waals surface area contributed by atoms with E-state index in [1.54, 1.807) is 25.1 Å². The highest BCUT2D eigenvalue weighted by molar-refractivity contribution is 7.17. The number of hydrogen-bond donors (Lipinski definition) is 1. The van der Waals surface area contributed by atoms with Crippen LogP contribution in [0.5, 0.6) is 11.5 Å². The van der Waals surface area contributed by atoms with Crippen molar-refractivity contribution in [3.05, 3.63) is 82.7 Å². The first-order valence-electron chi connectivity index (χ1n) is 11.6. The molecule has 1 fully saturated rings. The molecular formula is C27H25N3O7S. The van der Waals surface area contributed by atoms with Gasteiger partial charge < -0.3 is 19.3 Å². The molecule has 0 radical (unpaired) electrons. The highest BCUT2D eigenvalue weighted by atomic mass is 32.1. The average molecular weight is 536 g/mol. The molecule has 2 aromatic heterocycles. The molecule has 1 aliphatic heterocycles. The maximum absolute atomic E-state index is 13.4. The van der Waals surface area contributed by atoms with Crippen LogP contribution in [-0.2, 0) is 14.3 Å². The highest BCUT2D eigenvalue weighted by Crippen LogP contribution is 2.45. The first kappa shape index (κ1) is 26.6. The Labute approximate surface area is 222 Å². The predicted molar refractivity (Wildman–Crippen MR) is 141 cm³/mol. The van der Waals surface area contributed by atoms with Crippen molar-refractivity contribution in [3.8, 4) is 11.5 Å². The number of anilines is 1. The zero-order chi connectivity index (χ0) is 27.4. The molecule has 0 spiro atoms. The van der Waals surface area contributed by atoms with E-state index in [2.05, 4.69) is 16.5 Å². The standard InChI is InChI=1S/C27H25N3O7S/c1-5-13-37-26(34)24-15(3)29-27(38-24)30-21(17-7-8-18(36-6-2)19(14-17)35-4)20(23(32)25(30)33)22(31)16-9-11-28-12-10-16/h5,7-12,14,21,31H,1,6,13H2,2-4H3. The van der Waals surface area contributed by atoms with E-state index in [0.29, 0.717) is 34.9 Å². The molecule has 0 aliphatic carbocycles. The van der Waals surface area contributed by atoms with Crippen LogP contribution < -0.4 is 14.4 Å². The van der Waals surface area contributed by atoms with Crippen molar-refractivity contribution < 1.29 is 33.7 Å². The van der Waals surface area contributed by atoms with Crippen LogP contribution in [0.4, 0.5) is 5.13 Å². The quantitative estimate of drug-likeness (QED) is 0.141.